The van der Waals surface area contributed by atoms with E-state index in [9.17, 15) is 34.6 Å². The number of phenols is 2. The summed E-state index contributed by atoms with van der Waals surface area (Å²) in [5.74, 6) is -6.60. The van der Waals surface area contributed by atoms with Gasteiger partial charge in [-0.05, 0) is 0 Å². The van der Waals surface area contributed by atoms with E-state index < -0.39 is 50.7 Å². The van der Waals surface area contributed by atoms with Gasteiger partial charge >= 0.3 is 5.69 Å². The molecule has 0 atom stereocenters. The van der Waals surface area contributed by atoms with Gasteiger partial charge in [0.2, 0.25) is 11.5 Å². The van der Waals surface area contributed by atoms with Crippen LogP contribution in [0.5, 0.6) is 11.5 Å². The number of hydrogen-bond acceptors (Lipinski definition) is 7. The molecular formula is C12H10FN3O6. The summed E-state index contributed by atoms with van der Waals surface area (Å²) in [7, 11) is 2.53. The maximum absolute atomic E-state index is 13.9. The highest BCUT2D eigenvalue weighted by molar-refractivity contribution is 6.03. The average Bonchev–Trinajstić information content (AvgIpc) is 2.44. The lowest BCUT2D eigenvalue weighted by Gasteiger charge is -2.11. The van der Waals surface area contributed by atoms with E-state index >= 15 is 0 Å². The molecule has 0 bridgehead atoms. The van der Waals surface area contributed by atoms with Crippen LogP contribution >= 0.6 is 0 Å². The van der Waals surface area contributed by atoms with Crippen molar-refractivity contribution >= 4 is 17.4 Å². The quantitative estimate of drug-likeness (QED) is 0.188. The van der Waals surface area contributed by atoms with Crippen molar-refractivity contribution in [2.45, 2.75) is 0 Å². The van der Waals surface area contributed by atoms with Gasteiger partial charge in [-0.15, -0.1) is 0 Å². The second kappa shape index (κ2) is 5.96. The van der Waals surface area contributed by atoms with Crippen LogP contribution in [0.2, 0.25) is 0 Å². The zero-order valence-corrected chi connectivity index (χ0v) is 11.4. The first-order chi connectivity index (χ1) is 10.1. The number of nitro groups is 1. The third kappa shape index (κ3) is 2.73. The number of nitriles is 1. The summed E-state index contributed by atoms with van der Waals surface area (Å²) in [6.07, 6.45) is 0. The number of phenolic OH excluding ortho intramolecular Hbond substituents is 2. The number of benzene rings is 1. The molecule has 0 fully saturated rings. The van der Waals surface area contributed by atoms with Crippen LogP contribution < -0.4 is 0 Å². The van der Waals surface area contributed by atoms with Crippen molar-refractivity contribution in [2.75, 3.05) is 14.1 Å². The normalized spacial score (nSPS) is 11.4. The molecule has 22 heavy (non-hydrogen) atoms. The van der Waals surface area contributed by atoms with Gasteiger partial charge in [0.05, 0.1) is 10.5 Å². The van der Waals surface area contributed by atoms with E-state index in [1.165, 1.54) is 20.2 Å². The van der Waals surface area contributed by atoms with Crippen LogP contribution in [-0.4, -0.2) is 45.1 Å². The van der Waals surface area contributed by atoms with E-state index in [4.69, 9.17) is 5.26 Å². The fraction of sp³-hybridized carbons (Fsp3) is 0.167. The number of amides is 1. The predicted molar refractivity (Wildman–Crippen MR) is 70.2 cm³/mol. The summed E-state index contributed by atoms with van der Waals surface area (Å²) in [6, 6.07) is 1.75. The Morgan fingerprint density at radius 3 is 2.36 bits per heavy atom. The average molecular weight is 311 g/mol. The molecular weight excluding hydrogens is 301 g/mol. The Hall–Kier alpha value is -3.35. The smallest absolute Gasteiger partial charge is 0.315 e. The van der Waals surface area contributed by atoms with Gasteiger partial charge in [0.1, 0.15) is 11.8 Å². The summed E-state index contributed by atoms with van der Waals surface area (Å²) in [5, 5.41) is 48.1. The molecule has 0 unspecified atom stereocenters. The molecule has 116 valence electrons. The summed E-state index contributed by atoms with van der Waals surface area (Å²) in [4.78, 5) is 22.2. The van der Waals surface area contributed by atoms with Crippen molar-refractivity contribution in [1.29, 1.82) is 5.26 Å². The van der Waals surface area contributed by atoms with Gasteiger partial charge in [0, 0.05) is 20.2 Å². The summed E-state index contributed by atoms with van der Waals surface area (Å²) in [6.45, 7) is 0. The highest BCUT2D eigenvalue weighted by atomic mass is 19.1. The number of aliphatic hydroxyl groups is 1. The van der Waals surface area contributed by atoms with Crippen molar-refractivity contribution in [3.8, 4) is 17.6 Å². The Kier molecular flexibility index (Phi) is 4.53. The Bertz CT molecular complexity index is 735. The molecule has 0 aliphatic carbocycles. The topological polar surface area (TPSA) is 148 Å². The second-order valence-corrected chi connectivity index (χ2v) is 4.25. The highest BCUT2D eigenvalue weighted by Gasteiger charge is 2.29. The number of nitrogens with zero attached hydrogens (tertiary/aromatic N) is 3. The third-order valence-electron chi connectivity index (χ3n) is 2.61. The number of aliphatic hydroxyl groups excluding tert-OH is 1. The molecule has 0 radical (unpaired) electrons. The number of aromatic hydroxyl groups is 2. The van der Waals surface area contributed by atoms with Crippen molar-refractivity contribution in [1.82, 2.24) is 4.90 Å². The molecule has 0 aromatic heterocycles. The Morgan fingerprint density at radius 2 is 1.95 bits per heavy atom. The van der Waals surface area contributed by atoms with Crippen LogP contribution in [0.25, 0.3) is 5.76 Å². The van der Waals surface area contributed by atoms with Gasteiger partial charge in [0.25, 0.3) is 5.91 Å². The maximum atomic E-state index is 13.9. The number of carbonyl (C=O) groups is 1. The SMILES string of the molecule is CN(C)C(=O)/C(C#N)=C(\O)c1cc([N+](=O)[O-])c(O)c(O)c1F. The molecule has 0 saturated heterocycles. The van der Waals surface area contributed by atoms with Gasteiger partial charge in [0.15, 0.2) is 11.4 Å². The Balaban J connectivity index is 3.72. The van der Waals surface area contributed by atoms with E-state index in [0.717, 1.165) is 4.90 Å². The van der Waals surface area contributed by atoms with Crippen LogP contribution in [0, 0.1) is 27.3 Å². The summed E-state index contributed by atoms with van der Waals surface area (Å²) in [5.41, 5.74) is -2.95. The standard InChI is InChI=1S/C12H10FN3O6/c1-15(2)12(20)6(4-14)9(17)5-3-7(16(21)22)10(18)11(19)8(5)13/h3,17-19H,1-2H3/b9-6-. The summed E-state index contributed by atoms with van der Waals surface area (Å²) >= 11 is 0. The van der Waals surface area contributed by atoms with E-state index in [-0.39, 0.29) is 0 Å². The Morgan fingerprint density at radius 1 is 1.41 bits per heavy atom. The van der Waals surface area contributed by atoms with Gasteiger partial charge in [-0.25, -0.2) is 4.39 Å². The number of likely N-dealkylation sites (N-methyl/N-ethyl adjacent to an activating group) is 1. The van der Waals surface area contributed by atoms with Gasteiger partial charge < -0.3 is 20.2 Å². The van der Waals surface area contributed by atoms with Crippen LogP contribution in [-0.2, 0) is 4.79 Å². The van der Waals surface area contributed by atoms with Crippen LogP contribution in [0.15, 0.2) is 11.6 Å². The third-order valence-corrected chi connectivity index (χ3v) is 2.61. The van der Waals surface area contributed by atoms with E-state index in [0.29, 0.717) is 6.07 Å². The van der Waals surface area contributed by atoms with Crippen LogP contribution in [0.1, 0.15) is 5.56 Å². The number of nitro benzene ring substituents is 1. The lowest BCUT2D eigenvalue weighted by Crippen LogP contribution is -2.24. The van der Waals surface area contributed by atoms with Crippen molar-refractivity contribution in [3.05, 3.63) is 33.1 Å². The number of halogens is 1. The molecule has 10 heteroatoms. The molecule has 0 spiro atoms. The zero-order chi connectivity index (χ0) is 17.2. The zero-order valence-electron chi connectivity index (χ0n) is 11.4. The first kappa shape index (κ1) is 16.7. The summed E-state index contributed by atoms with van der Waals surface area (Å²) < 4.78 is 13.9. The number of rotatable bonds is 3. The lowest BCUT2D eigenvalue weighted by atomic mass is 10.1. The van der Waals surface area contributed by atoms with E-state index in [2.05, 4.69) is 0 Å². The number of hydrogen-bond donors (Lipinski definition) is 3. The molecule has 0 aliphatic rings. The highest BCUT2D eigenvalue weighted by Crippen LogP contribution is 2.41. The largest absolute Gasteiger partial charge is 0.506 e. The van der Waals surface area contributed by atoms with Crippen molar-refractivity contribution in [3.63, 3.8) is 0 Å². The van der Waals surface area contributed by atoms with Gasteiger partial charge in [-0.2, -0.15) is 5.26 Å². The minimum atomic E-state index is -1.61. The van der Waals surface area contributed by atoms with Crippen LogP contribution in [0.3, 0.4) is 0 Å². The van der Waals surface area contributed by atoms with Gasteiger partial charge in [-0.3, -0.25) is 14.9 Å². The molecule has 9 nitrogen and oxygen atoms in total. The molecule has 3 N–H and O–H groups in total. The predicted octanol–water partition coefficient (Wildman–Crippen LogP) is 1.03. The monoisotopic (exact) mass is 311 g/mol. The fourth-order valence-corrected chi connectivity index (χ4v) is 1.49. The van der Waals surface area contributed by atoms with Crippen molar-refractivity contribution in [2.24, 2.45) is 0 Å². The molecule has 0 aliphatic heterocycles. The molecule has 1 aromatic rings. The van der Waals surface area contributed by atoms with Crippen molar-refractivity contribution < 1.29 is 29.4 Å². The lowest BCUT2D eigenvalue weighted by molar-refractivity contribution is -0.386. The molecule has 1 amide bonds. The minimum absolute atomic E-state index is 0.403. The molecule has 0 saturated carbocycles. The van der Waals surface area contributed by atoms with E-state index in [1.807, 2.05) is 0 Å². The maximum Gasteiger partial charge on any atom is 0.315 e. The first-order valence-electron chi connectivity index (χ1n) is 5.57. The van der Waals surface area contributed by atoms with E-state index in [1.54, 1.807) is 0 Å². The van der Waals surface area contributed by atoms with Gasteiger partial charge in [-0.1, -0.05) is 0 Å². The second-order valence-electron chi connectivity index (χ2n) is 4.25. The minimum Gasteiger partial charge on any atom is -0.506 e. The molecule has 0 heterocycles. The molecule has 1 rings (SSSR count). The number of carbonyl (C=O) groups excluding carboxylic acids is 1. The molecule has 1 aromatic carbocycles. The first-order valence-corrected chi connectivity index (χ1v) is 5.57. The Labute approximate surface area is 122 Å². The van der Waals surface area contributed by atoms with Crippen LogP contribution in [0.4, 0.5) is 10.1 Å². The fourth-order valence-electron chi connectivity index (χ4n) is 1.49.